The van der Waals surface area contributed by atoms with Crippen molar-refractivity contribution in [2.24, 2.45) is 0 Å². The third kappa shape index (κ3) is 3.67. The number of benzene rings is 1. The molecule has 3 heteroatoms. The van der Waals surface area contributed by atoms with Crippen LogP contribution in [0.2, 0.25) is 0 Å². The highest BCUT2D eigenvalue weighted by atomic mass is 16.5. The van der Waals surface area contributed by atoms with E-state index >= 15 is 0 Å². The van der Waals surface area contributed by atoms with Crippen molar-refractivity contribution in [3.8, 4) is 5.75 Å². The lowest BCUT2D eigenvalue weighted by Crippen LogP contribution is -2.34. The first kappa shape index (κ1) is 13.8. The van der Waals surface area contributed by atoms with E-state index in [1.807, 2.05) is 30.5 Å². The van der Waals surface area contributed by atoms with Crippen molar-refractivity contribution in [1.29, 1.82) is 0 Å². The van der Waals surface area contributed by atoms with Crippen molar-refractivity contribution in [3.63, 3.8) is 0 Å². The zero-order valence-electron chi connectivity index (χ0n) is 11.7. The van der Waals surface area contributed by atoms with Gasteiger partial charge in [-0.05, 0) is 43.7 Å². The van der Waals surface area contributed by atoms with Crippen molar-refractivity contribution in [2.45, 2.75) is 32.7 Å². The standard InChI is InChI=1S/C16H22N2O/c1-3-10-17-13(4-2)12-19-16-9-5-8-15-14(16)7-6-11-18-15/h5-9,11,13,17H,3-4,10,12H2,1-2H3. The van der Waals surface area contributed by atoms with Gasteiger partial charge in [-0.25, -0.2) is 0 Å². The summed E-state index contributed by atoms with van der Waals surface area (Å²) in [7, 11) is 0. The minimum atomic E-state index is 0.409. The van der Waals surface area contributed by atoms with E-state index in [4.69, 9.17) is 4.74 Å². The van der Waals surface area contributed by atoms with Crippen molar-refractivity contribution in [2.75, 3.05) is 13.2 Å². The highest BCUT2D eigenvalue weighted by Gasteiger charge is 2.07. The molecule has 0 aliphatic carbocycles. The summed E-state index contributed by atoms with van der Waals surface area (Å²) < 4.78 is 5.97. The topological polar surface area (TPSA) is 34.1 Å². The lowest BCUT2D eigenvalue weighted by molar-refractivity contribution is 0.263. The highest BCUT2D eigenvalue weighted by Crippen LogP contribution is 2.23. The number of pyridine rings is 1. The molecule has 0 fully saturated rings. The molecule has 0 bridgehead atoms. The average Bonchev–Trinajstić information content (AvgIpc) is 2.47. The molecule has 19 heavy (non-hydrogen) atoms. The van der Waals surface area contributed by atoms with Crippen LogP contribution in [-0.2, 0) is 0 Å². The van der Waals surface area contributed by atoms with Crippen LogP contribution in [0.3, 0.4) is 0 Å². The number of hydrogen-bond acceptors (Lipinski definition) is 3. The predicted molar refractivity (Wildman–Crippen MR) is 79.6 cm³/mol. The van der Waals surface area contributed by atoms with Crippen LogP contribution in [0.1, 0.15) is 26.7 Å². The largest absolute Gasteiger partial charge is 0.491 e. The highest BCUT2D eigenvalue weighted by molar-refractivity contribution is 5.84. The smallest absolute Gasteiger partial charge is 0.128 e. The molecule has 1 aromatic heterocycles. The van der Waals surface area contributed by atoms with E-state index in [0.29, 0.717) is 12.6 Å². The van der Waals surface area contributed by atoms with Gasteiger partial charge in [0.2, 0.25) is 0 Å². The first-order valence-corrected chi connectivity index (χ1v) is 7.05. The fourth-order valence-electron chi connectivity index (χ4n) is 2.06. The normalized spacial score (nSPS) is 12.5. The zero-order valence-corrected chi connectivity index (χ0v) is 11.7. The predicted octanol–water partition coefficient (Wildman–Crippen LogP) is 3.39. The summed E-state index contributed by atoms with van der Waals surface area (Å²) in [5.41, 5.74) is 0.981. The van der Waals surface area contributed by atoms with Gasteiger partial charge in [-0.3, -0.25) is 4.98 Å². The number of ether oxygens (including phenoxy) is 1. The summed E-state index contributed by atoms with van der Waals surface area (Å²) in [4.78, 5) is 4.34. The second kappa shape index (κ2) is 7.10. The monoisotopic (exact) mass is 258 g/mol. The van der Waals surface area contributed by atoms with Crippen LogP contribution in [0, 0.1) is 0 Å². The van der Waals surface area contributed by atoms with E-state index in [-0.39, 0.29) is 0 Å². The van der Waals surface area contributed by atoms with Crippen LogP contribution in [0.15, 0.2) is 36.5 Å². The van der Waals surface area contributed by atoms with Crippen molar-refractivity contribution < 1.29 is 4.74 Å². The Hall–Kier alpha value is -1.61. The van der Waals surface area contributed by atoms with Gasteiger partial charge in [0.15, 0.2) is 0 Å². The minimum Gasteiger partial charge on any atom is -0.491 e. The van der Waals surface area contributed by atoms with Gasteiger partial charge in [-0.1, -0.05) is 19.9 Å². The Kier molecular flexibility index (Phi) is 5.16. The third-order valence-corrected chi connectivity index (χ3v) is 3.22. The van der Waals surface area contributed by atoms with Gasteiger partial charge in [0, 0.05) is 17.6 Å². The molecule has 1 atom stereocenters. The summed E-state index contributed by atoms with van der Waals surface area (Å²) in [5, 5.41) is 4.58. The van der Waals surface area contributed by atoms with Crippen molar-refractivity contribution in [3.05, 3.63) is 36.5 Å². The molecule has 0 spiro atoms. The van der Waals surface area contributed by atoms with Crippen LogP contribution in [0.25, 0.3) is 10.9 Å². The minimum absolute atomic E-state index is 0.409. The zero-order chi connectivity index (χ0) is 13.5. The maximum atomic E-state index is 5.97. The molecule has 102 valence electrons. The molecule has 0 amide bonds. The number of fused-ring (bicyclic) bond motifs is 1. The maximum absolute atomic E-state index is 5.97. The summed E-state index contributed by atoms with van der Waals surface area (Å²) >= 11 is 0. The summed E-state index contributed by atoms with van der Waals surface area (Å²) in [6.45, 7) is 6.10. The third-order valence-electron chi connectivity index (χ3n) is 3.22. The van der Waals surface area contributed by atoms with E-state index in [0.717, 1.165) is 36.0 Å². The first-order valence-electron chi connectivity index (χ1n) is 7.05. The fraction of sp³-hybridized carbons (Fsp3) is 0.438. The van der Waals surface area contributed by atoms with E-state index < -0.39 is 0 Å². The Morgan fingerprint density at radius 3 is 2.89 bits per heavy atom. The molecule has 1 aromatic carbocycles. The molecule has 1 unspecified atom stereocenters. The van der Waals surface area contributed by atoms with Gasteiger partial charge in [0.1, 0.15) is 12.4 Å². The summed E-state index contributed by atoms with van der Waals surface area (Å²) in [6.07, 6.45) is 4.03. The van der Waals surface area contributed by atoms with E-state index in [1.54, 1.807) is 0 Å². The maximum Gasteiger partial charge on any atom is 0.128 e. The second-order valence-electron chi connectivity index (χ2n) is 4.70. The molecular formula is C16H22N2O. The van der Waals surface area contributed by atoms with Gasteiger partial charge in [-0.2, -0.15) is 0 Å². The van der Waals surface area contributed by atoms with Gasteiger partial charge in [-0.15, -0.1) is 0 Å². The first-order chi connectivity index (χ1) is 9.35. The number of nitrogens with one attached hydrogen (secondary N) is 1. The quantitative estimate of drug-likeness (QED) is 0.826. The van der Waals surface area contributed by atoms with E-state index in [2.05, 4.69) is 30.2 Å². The summed E-state index contributed by atoms with van der Waals surface area (Å²) in [6, 6.07) is 10.4. The molecular weight excluding hydrogens is 236 g/mol. The van der Waals surface area contributed by atoms with Crippen LogP contribution >= 0.6 is 0 Å². The Balaban J connectivity index is 2.04. The average molecular weight is 258 g/mol. The molecule has 0 aliphatic heterocycles. The summed E-state index contributed by atoms with van der Waals surface area (Å²) in [5.74, 6) is 0.919. The fourth-order valence-corrected chi connectivity index (χ4v) is 2.06. The molecule has 0 aliphatic rings. The number of rotatable bonds is 7. The van der Waals surface area contributed by atoms with Crippen LogP contribution in [0.4, 0.5) is 0 Å². The van der Waals surface area contributed by atoms with Crippen molar-refractivity contribution in [1.82, 2.24) is 10.3 Å². The Bertz CT molecular complexity index is 508. The molecule has 3 nitrogen and oxygen atoms in total. The van der Waals surface area contributed by atoms with Crippen molar-refractivity contribution >= 4 is 10.9 Å². The van der Waals surface area contributed by atoms with E-state index in [1.165, 1.54) is 0 Å². The molecule has 2 aromatic rings. The Morgan fingerprint density at radius 2 is 2.11 bits per heavy atom. The second-order valence-corrected chi connectivity index (χ2v) is 4.70. The molecule has 1 N–H and O–H groups in total. The van der Waals surface area contributed by atoms with Crippen LogP contribution in [0.5, 0.6) is 5.75 Å². The SMILES string of the molecule is CCCNC(CC)COc1cccc2ncccc12. The molecule has 0 saturated heterocycles. The van der Waals surface area contributed by atoms with Gasteiger partial charge < -0.3 is 10.1 Å². The van der Waals surface area contributed by atoms with Gasteiger partial charge >= 0.3 is 0 Å². The number of nitrogens with zero attached hydrogens (tertiary/aromatic N) is 1. The van der Waals surface area contributed by atoms with Gasteiger partial charge in [0.25, 0.3) is 0 Å². The molecule has 0 radical (unpaired) electrons. The lowest BCUT2D eigenvalue weighted by atomic mass is 10.2. The molecule has 1 heterocycles. The molecule has 2 rings (SSSR count). The Morgan fingerprint density at radius 1 is 1.21 bits per heavy atom. The van der Waals surface area contributed by atoms with Crippen LogP contribution in [-0.4, -0.2) is 24.2 Å². The van der Waals surface area contributed by atoms with E-state index in [9.17, 15) is 0 Å². The number of hydrogen-bond donors (Lipinski definition) is 1. The number of aromatic nitrogens is 1. The molecule has 0 saturated carbocycles. The van der Waals surface area contributed by atoms with Crippen LogP contribution < -0.4 is 10.1 Å². The lowest BCUT2D eigenvalue weighted by Gasteiger charge is -2.18. The van der Waals surface area contributed by atoms with Gasteiger partial charge in [0.05, 0.1) is 5.52 Å². The Labute approximate surface area is 115 Å².